The molecule has 150 valence electrons. The fraction of sp³-hybridized carbons (Fsp3) is 0.350. The normalized spacial score (nSPS) is 14.2. The lowest BCUT2D eigenvalue weighted by atomic mass is 10.0. The van der Waals surface area contributed by atoms with E-state index >= 15 is 0 Å². The summed E-state index contributed by atoms with van der Waals surface area (Å²) in [6.07, 6.45) is 1.49. The lowest BCUT2D eigenvalue weighted by Crippen LogP contribution is -2.36. The van der Waals surface area contributed by atoms with Gasteiger partial charge in [-0.15, -0.1) is 0 Å². The zero-order chi connectivity index (χ0) is 20.5. The van der Waals surface area contributed by atoms with E-state index in [9.17, 15) is 17.6 Å². The summed E-state index contributed by atoms with van der Waals surface area (Å²) in [4.78, 5) is 14.7. The van der Waals surface area contributed by atoms with Gasteiger partial charge in [0.1, 0.15) is 5.82 Å². The van der Waals surface area contributed by atoms with E-state index in [2.05, 4.69) is 0 Å². The van der Waals surface area contributed by atoms with E-state index in [4.69, 9.17) is 11.6 Å². The molecule has 0 N–H and O–H groups in total. The Labute approximate surface area is 169 Å². The number of halogens is 2. The largest absolute Gasteiger partial charge is 0.308 e. The van der Waals surface area contributed by atoms with Crippen LogP contribution in [0.5, 0.6) is 0 Å². The van der Waals surface area contributed by atoms with Crippen molar-refractivity contribution in [1.82, 2.24) is 4.31 Å². The summed E-state index contributed by atoms with van der Waals surface area (Å²) in [6, 6.07) is 8.50. The Hall–Kier alpha value is -1.96. The zero-order valence-electron chi connectivity index (χ0n) is 15.8. The monoisotopic (exact) mass is 424 g/mol. The number of hydrogen-bond acceptors (Lipinski definition) is 3. The average molecular weight is 425 g/mol. The Morgan fingerprint density at radius 3 is 2.57 bits per heavy atom. The minimum Gasteiger partial charge on any atom is -0.308 e. The molecule has 0 aliphatic carbocycles. The highest BCUT2D eigenvalue weighted by atomic mass is 35.5. The fourth-order valence-electron chi connectivity index (χ4n) is 3.45. The molecule has 3 rings (SSSR count). The van der Waals surface area contributed by atoms with E-state index < -0.39 is 21.7 Å². The first-order valence-electron chi connectivity index (χ1n) is 9.19. The number of hydrogen-bond donors (Lipinski definition) is 0. The van der Waals surface area contributed by atoms with Gasteiger partial charge in [-0.3, -0.25) is 4.79 Å². The summed E-state index contributed by atoms with van der Waals surface area (Å²) < 4.78 is 40.7. The molecule has 0 aromatic heterocycles. The third kappa shape index (κ3) is 3.79. The van der Waals surface area contributed by atoms with Crippen LogP contribution in [0.1, 0.15) is 36.2 Å². The molecule has 0 fully saturated rings. The quantitative estimate of drug-likeness (QED) is 0.726. The van der Waals surface area contributed by atoms with Gasteiger partial charge in [-0.25, -0.2) is 12.8 Å². The Morgan fingerprint density at radius 1 is 1.18 bits per heavy atom. The Bertz CT molecular complexity index is 1010. The van der Waals surface area contributed by atoms with Crippen molar-refractivity contribution in [3.05, 3.63) is 58.4 Å². The van der Waals surface area contributed by atoms with Crippen molar-refractivity contribution in [2.24, 2.45) is 0 Å². The van der Waals surface area contributed by atoms with Crippen molar-refractivity contribution < 1.29 is 17.6 Å². The van der Waals surface area contributed by atoms with Gasteiger partial charge in [-0.05, 0) is 48.7 Å². The topological polar surface area (TPSA) is 57.7 Å². The molecule has 5 nitrogen and oxygen atoms in total. The number of sulfonamides is 1. The minimum atomic E-state index is -3.73. The minimum absolute atomic E-state index is 0.0143. The predicted octanol–water partition coefficient (Wildman–Crippen LogP) is 4.10. The second-order valence-electron chi connectivity index (χ2n) is 6.56. The van der Waals surface area contributed by atoms with Crippen LogP contribution < -0.4 is 4.90 Å². The van der Waals surface area contributed by atoms with E-state index in [1.165, 1.54) is 39.5 Å². The summed E-state index contributed by atoms with van der Waals surface area (Å²) in [6.45, 7) is 4.57. The van der Waals surface area contributed by atoms with Gasteiger partial charge in [-0.1, -0.05) is 31.5 Å². The maximum atomic E-state index is 13.8. The number of aryl methyl sites for hydroxylation is 1. The van der Waals surface area contributed by atoms with E-state index in [0.29, 0.717) is 25.3 Å². The van der Waals surface area contributed by atoms with Crippen molar-refractivity contribution in [2.45, 2.75) is 31.6 Å². The maximum Gasteiger partial charge on any atom is 0.259 e. The van der Waals surface area contributed by atoms with Crippen molar-refractivity contribution in [3.8, 4) is 0 Å². The number of nitrogens with zero attached hydrogens (tertiary/aromatic N) is 2. The lowest BCUT2D eigenvalue weighted by molar-refractivity contribution is 0.0985. The van der Waals surface area contributed by atoms with Crippen molar-refractivity contribution in [3.63, 3.8) is 0 Å². The molecule has 0 saturated carbocycles. The standard InChI is InChI=1S/C20H22ClFN2O3S/c1-3-23(4-2)28(26,27)16-9-10-18(21)17(13-16)20(25)24-11-5-6-14-7-8-15(22)12-19(14)24/h7-10,12-13H,3-6,11H2,1-2H3. The van der Waals surface area contributed by atoms with Gasteiger partial charge in [0.25, 0.3) is 5.91 Å². The van der Waals surface area contributed by atoms with Gasteiger partial charge in [0.2, 0.25) is 10.0 Å². The molecule has 28 heavy (non-hydrogen) atoms. The molecule has 2 aromatic carbocycles. The molecule has 0 radical (unpaired) electrons. The number of benzene rings is 2. The van der Waals surface area contributed by atoms with Gasteiger partial charge in [-0.2, -0.15) is 4.31 Å². The number of fused-ring (bicyclic) bond motifs is 1. The van der Waals surface area contributed by atoms with Crippen LogP contribution in [0, 0.1) is 5.82 Å². The van der Waals surface area contributed by atoms with Gasteiger partial charge in [0, 0.05) is 19.6 Å². The number of amides is 1. The molecule has 1 aliphatic rings. The molecule has 8 heteroatoms. The molecule has 0 spiro atoms. The summed E-state index contributed by atoms with van der Waals surface area (Å²) >= 11 is 6.24. The molecule has 0 bridgehead atoms. The van der Waals surface area contributed by atoms with E-state index in [1.807, 2.05) is 0 Å². The summed E-state index contributed by atoms with van der Waals surface area (Å²) in [7, 11) is -3.73. The molecule has 1 amide bonds. The van der Waals surface area contributed by atoms with Crippen LogP contribution in [-0.4, -0.2) is 38.3 Å². The van der Waals surface area contributed by atoms with E-state index in [1.54, 1.807) is 19.9 Å². The van der Waals surface area contributed by atoms with Crippen LogP contribution in [0.4, 0.5) is 10.1 Å². The van der Waals surface area contributed by atoms with Crippen LogP contribution in [0.3, 0.4) is 0 Å². The Kier molecular flexibility index (Phi) is 6.07. The number of carbonyl (C=O) groups is 1. The second-order valence-corrected chi connectivity index (χ2v) is 8.91. The average Bonchev–Trinajstić information content (AvgIpc) is 2.68. The number of carbonyl (C=O) groups excluding carboxylic acids is 1. The first-order chi connectivity index (χ1) is 13.3. The predicted molar refractivity (Wildman–Crippen MR) is 108 cm³/mol. The molecule has 1 aliphatic heterocycles. The van der Waals surface area contributed by atoms with Crippen molar-refractivity contribution >= 4 is 33.2 Å². The maximum absolute atomic E-state index is 13.8. The second kappa shape index (κ2) is 8.19. The lowest BCUT2D eigenvalue weighted by Gasteiger charge is -2.30. The van der Waals surface area contributed by atoms with Crippen LogP contribution in [0.15, 0.2) is 41.3 Å². The fourth-order valence-corrected chi connectivity index (χ4v) is 5.13. The molecular formula is C20H22ClFN2O3S. The Balaban J connectivity index is 2.04. The van der Waals surface area contributed by atoms with Gasteiger partial charge >= 0.3 is 0 Å². The van der Waals surface area contributed by atoms with E-state index in [-0.39, 0.29) is 15.5 Å². The van der Waals surface area contributed by atoms with Gasteiger partial charge in [0.15, 0.2) is 0 Å². The van der Waals surface area contributed by atoms with Crippen LogP contribution in [-0.2, 0) is 16.4 Å². The summed E-state index contributed by atoms with van der Waals surface area (Å²) in [5, 5.41) is 0.159. The molecule has 0 unspecified atom stereocenters. The third-order valence-electron chi connectivity index (χ3n) is 4.92. The number of anilines is 1. The summed E-state index contributed by atoms with van der Waals surface area (Å²) in [5.41, 5.74) is 1.47. The zero-order valence-corrected chi connectivity index (χ0v) is 17.4. The first-order valence-corrected chi connectivity index (χ1v) is 11.0. The highest BCUT2D eigenvalue weighted by Gasteiger charge is 2.28. The molecule has 0 saturated heterocycles. The van der Waals surface area contributed by atoms with Crippen LogP contribution >= 0.6 is 11.6 Å². The summed E-state index contributed by atoms with van der Waals surface area (Å²) in [5.74, 6) is -0.865. The molecular weight excluding hydrogens is 403 g/mol. The van der Waals surface area contributed by atoms with E-state index in [0.717, 1.165) is 18.4 Å². The van der Waals surface area contributed by atoms with Crippen LogP contribution in [0.2, 0.25) is 5.02 Å². The third-order valence-corrected chi connectivity index (χ3v) is 7.30. The molecule has 2 aromatic rings. The smallest absolute Gasteiger partial charge is 0.259 e. The van der Waals surface area contributed by atoms with Crippen molar-refractivity contribution in [2.75, 3.05) is 24.5 Å². The van der Waals surface area contributed by atoms with Crippen LogP contribution in [0.25, 0.3) is 0 Å². The number of rotatable bonds is 5. The molecule has 1 heterocycles. The Morgan fingerprint density at radius 2 is 1.89 bits per heavy atom. The highest BCUT2D eigenvalue weighted by Crippen LogP contribution is 2.31. The van der Waals surface area contributed by atoms with Gasteiger partial charge < -0.3 is 4.90 Å². The molecule has 0 atom stereocenters. The SMILES string of the molecule is CCN(CC)S(=O)(=O)c1ccc(Cl)c(C(=O)N2CCCc3ccc(F)cc32)c1. The first kappa shape index (κ1) is 20.8. The highest BCUT2D eigenvalue weighted by molar-refractivity contribution is 7.89. The van der Waals surface area contributed by atoms with Crippen molar-refractivity contribution in [1.29, 1.82) is 0 Å². The van der Waals surface area contributed by atoms with Gasteiger partial charge in [0.05, 0.1) is 21.2 Å².